The summed E-state index contributed by atoms with van der Waals surface area (Å²) in [7, 11) is 0. The third-order valence-electron chi connectivity index (χ3n) is 2.55. The molecule has 116 valence electrons. The number of carbonyl (C=O) groups is 2. The van der Waals surface area contributed by atoms with Crippen LogP contribution in [0.3, 0.4) is 0 Å². The van der Waals surface area contributed by atoms with Crippen molar-refractivity contribution in [2.75, 3.05) is 0 Å². The molecule has 0 radical (unpaired) electrons. The highest BCUT2D eigenvalue weighted by Gasteiger charge is 2.32. The number of phenolic OH excluding ortho intramolecular Hbond substituents is 1. The van der Waals surface area contributed by atoms with Crippen molar-refractivity contribution in [1.29, 1.82) is 0 Å². The minimum Gasteiger partial charge on any atom is -0.507 e. The van der Waals surface area contributed by atoms with Gasteiger partial charge in [0.1, 0.15) is 16.8 Å². The largest absolute Gasteiger partial charge is 0.507 e. The van der Waals surface area contributed by atoms with Crippen LogP contribution in [0.2, 0.25) is 0 Å². The second-order valence-corrected chi connectivity index (χ2v) is 6.21. The number of nitrogens with one attached hydrogen (secondary N) is 1. The SMILES string of the molecule is O=C(O)CC1SC(=NN=Cc2cc(Br)c(O)cc2F)NC1=O. The average Bonchev–Trinajstić information content (AvgIpc) is 2.75. The number of carboxylic acid groups (broad SMARTS) is 1. The highest BCUT2D eigenvalue weighted by molar-refractivity contribution is 9.10. The van der Waals surface area contributed by atoms with Crippen molar-refractivity contribution in [3.05, 3.63) is 28.0 Å². The van der Waals surface area contributed by atoms with Crippen LogP contribution in [0.25, 0.3) is 0 Å². The molecular formula is C12H9BrFN3O4S. The van der Waals surface area contributed by atoms with Crippen molar-refractivity contribution in [3.8, 4) is 5.75 Å². The molecule has 7 nitrogen and oxygen atoms in total. The Morgan fingerprint density at radius 2 is 2.27 bits per heavy atom. The number of carboxylic acids is 1. The Bertz CT molecular complexity index is 695. The maximum absolute atomic E-state index is 13.5. The normalized spacial score (nSPS) is 19.8. The summed E-state index contributed by atoms with van der Waals surface area (Å²) in [6, 6.07) is 2.25. The fourth-order valence-electron chi connectivity index (χ4n) is 1.54. The zero-order valence-electron chi connectivity index (χ0n) is 10.8. The van der Waals surface area contributed by atoms with E-state index in [1.54, 1.807) is 0 Å². The minimum atomic E-state index is -1.09. The summed E-state index contributed by atoms with van der Waals surface area (Å²) in [5, 5.41) is 27.1. The molecule has 1 aliphatic rings. The molecule has 1 atom stereocenters. The predicted molar refractivity (Wildman–Crippen MR) is 82.6 cm³/mol. The van der Waals surface area contributed by atoms with Crippen molar-refractivity contribution >= 4 is 51.0 Å². The molecule has 3 N–H and O–H groups in total. The van der Waals surface area contributed by atoms with Gasteiger partial charge in [0.25, 0.3) is 0 Å². The maximum atomic E-state index is 13.5. The summed E-state index contributed by atoms with van der Waals surface area (Å²) >= 11 is 3.99. The van der Waals surface area contributed by atoms with E-state index in [2.05, 4.69) is 31.4 Å². The minimum absolute atomic E-state index is 0.0884. The molecule has 1 unspecified atom stereocenters. The molecule has 2 rings (SSSR count). The first-order valence-corrected chi connectivity index (χ1v) is 7.52. The third-order valence-corrected chi connectivity index (χ3v) is 4.26. The van der Waals surface area contributed by atoms with Crippen LogP contribution >= 0.6 is 27.7 Å². The van der Waals surface area contributed by atoms with Gasteiger partial charge in [-0.1, -0.05) is 11.8 Å². The smallest absolute Gasteiger partial charge is 0.305 e. The van der Waals surface area contributed by atoms with Gasteiger partial charge in [-0.25, -0.2) is 4.39 Å². The average molecular weight is 390 g/mol. The van der Waals surface area contributed by atoms with E-state index in [9.17, 15) is 19.1 Å². The van der Waals surface area contributed by atoms with Gasteiger partial charge in [-0.05, 0) is 22.0 Å². The van der Waals surface area contributed by atoms with Gasteiger partial charge in [0.2, 0.25) is 5.91 Å². The van der Waals surface area contributed by atoms with Gasteiger partial charge in [-0.15, -0.1) is 5.10 Å². The molecule has 1 amide bonds. The number of hydrogen-bond acceptors (Lipinski definition) is 6. The van der Waals surface area contributed by atoms with E-state index in [1.165, 1.54) is 6.07 Å². The number of nitrogens with zero attached hydrogens (tertiary/aromatic N) is 2. The van der Waals surface area contributed by atoms with Crippen molar-refractivity contribution in [1.82, 2.24) is 5.32 Å². The summed E-state index contributed by atoms with van der Waals surface area (Å²) in [5.74, 6) is -2.47. The van der Waals surface area contributed by atoms with Crippen LogP contribution in [0.1, 0.15) is 12.0 Å². The Morgan fingerprint density at radius 1 is 1.55 bits per heavy atom. The monoisotopic (exact) mass is 389 g/mol. The zero-order chi connectivity index (χ0) is 16.3. The number of phenols is 1. The zero-order valence-corrected chi connectivity index (χ0v) is 13.2. The summed E-state index contributed by atoms with van der Waals surface area (Å²) in [6.07, 6.45) is 0.794. The molecule has 0 saturated carbocycles. The van der Waals surface area contributed by atoms with Gasteiger partial charge in [0, 0.05) is 11.6 Å². The molecule has 1 aromatic carbocycles. The van der Waals surface area contributed by atoms with E-state index >= 15 is 0 Å². The van der Waals surface area contributed by atoms with Gasteiger partial charge in [-0.2, -0.15) is 5.10 Å². The fraction of sp³-hybridized carbons (Fsp3) is 0.167. The molecular weight excluding hydrogens is 381 g/mol. The lowest BCUT2D eigenvalue weighted by Gasteiger charge is -2.00. The quantitative estimate of drug-likeness (QED) is 0.535. The Balaban J connectivity index is 2.08. The lowest BCUT2D eigenvalue weighted by atomic mass is 10.2. The number of thioether (sulfide) groups is 1. The molecule has 1 aromatic rings. The van der Waals surface area contributed by atoms with E-state index in [0.717, 1.165) is 24.0 Å². The first kappa shape index (κ1) is 16.4. The molecule has 0 aliphatic carbocycles. The second-order valence-electron chi connectivity index (χ2n) is 4.17. The second kappa shape index (κ2) is 6.88. The first-order valence-electron chi connectivity index (χ1n) is 5.85. The molecule has 22 heavy (non-hydrogen) atoms. The van der Waals surface area contributed by atoms with Crippen LogP contribution in [-0.4, -0.2) is 38.7 Å². The number of amidine groups is 1. The van der Waals surface area contributed by atoms with Crippen molar-refractivity contribution < 1.29 is 24.2 Å². The van der Waals surface area contributed by atoms with E-state index in [4.69, 9.17) is 5.11 Å². The lowest BCUT2D eigenvalue weighted by molar-refractivity contribution is -0.138. The van der Waals surface area contributed by atoms with Crippen LogP contribution in [0.5, 0.6) is 5.75 Å². The predicted octanol–water partition coefficient (Wildman–Crippen LogP) is 1.69. The molecule has 1 heterocycles. The standard InChI is InChI=1S/C12H9BrFN3O4S/c13-6-1-5(7(14)2-8(6)18)4-15-17-12-16-11(21)9(22-12)3-10(19)20/h1-2,4,9,18H,3H2,(H,19,20)(H,16,17,21). The number of hydrogen-bond donors (Lipinski definition) is 3. The molecule has 10 heteroatoms. The number of amides is 1. The van der Waals surface area contributed by atoms with Crippen LogP contribution in [0.4, 0.5) is 4.39 Å². The van der Waals surface area contributed by atoms with Gasteiger partial charge in [0.15, 0.2) is 5.17 Å². The Kier molecular flexibility index (Phi) is 5.14. The van der Waals surface area contributed by atoms with E-state index in [-0.39, 0.29) is 22.9 Å². The molecule has 1 saturated heterocycles. The Labute approximate surface area is 136 Å². The number of aliphatic carboxylic acids is 1. The number of carbonyl (C=O) groups excluding carboxylic acids is 1. The molecule has 0 aromatic heterocycles. The van der Waals surface area contributed by atoms with Crippen molar-refractivity contribution in [2.45, 2.75) is 11.7 Å². The summed E-state index contributed by atoms with van der Waals surface area (Å²) in [4.78, 5) is 22.0. The van der Waals surface area contributed by atoms with E-state index in [1.807, 2.05) is 0 Å². The van der Waals surface area contributed by atoms with Gasteiger partial charge in [-0.3, -0.25) is 9.59 Å². The van der Waals surface area contributed by atoms with E-state index < -0.39 is 22.9 Å². The fourth-order valence-corrected chi connectivity index (χ4v) is 2.82. The Morgan fingerprint density at radius 3 is 2.95 bits per heavy atom. The van der Waals surface area contributed by atoms with Gasteiger partial charge >= 0.3 is 5.97 Å². The van der Waals surface area contributed by atoms with E-state index in [0.29, 0.717) is 4.47 Å². The number of halogens is 2. The van der Waals surface area contributed by atoms with Gasteiger partial charge in [0.05, 0.1) is 17.1 Å². The number of benzene rings is 1. The van der Waals surface area contributed by atoms with Crippen molar-refractivity contribution in [3.63, 3.8) is 0 Å². The summed E-state index contributed by atoms with van der Waals surface area (Å²) in [6.45, 7) is 0. The summed E-state index contributed by atoms with van der Waals surface area (Å²) in [5.41, 5.74) is 0.0884. The van der Waals surface area contributed by atoms with Crippen molar-refractivity contribution in [2.24, 2.45) is 10.2 Å². The summed E-state index contributed by atoms with van der Waals surface area (Å²) < 4.78 is 13.8. The number of aromatic hydroxyl groups is 1. The highest BCUT2D eigenvalue weighted by atomic mass is 79.9. The number of rotatable bonds is 4. The Hall–Kier alpha value is -1.94. The molecule has 1 aliphatic heterocycles. The van der Waals surface area contributed by atoms with Crippen LogP contribution in [0, 0.1) is 5.82 Å². The third kappa shape index (κ3) is 4.04. The van der Waals surface area contributed by atoms with Crippen LogP contribution < -0.4 is 5.32 Å². The molecule has 0 spiro atoms. The molecule has 1 fully saturated rings. The van der Waals surface area contributed by atoms with Gasteiger partial charge < -0.3 is 15.5 Å². The highest BCUT2D eigenvalue weighted by Crippen LogP contribution is 2.26. The maximum Gasteiger partial charge on any atom is 0.305 e. The topological polar surface area (TPSA) is 111 Å². The first-order chi connectivity index (χ1) is 10.4. The molecule has 0 bridgehead atoms. The lowest BCUT2D eigenvalue weighted by Crippen LogP contribution is -2.26. The van der Waals surface area contributed by atoms with Crippen LogP contribution in [-0.2, 0) is 9.59 Å². The van der Waals surface area contributed by atoms with Crippen LogP contribution in [0.15, 0.2) is 26.8 Å².